The number of nitrogens with zero attached hydrogens (tertiary/aromatic N) is 2. The van der Waals surface area contributed by atoms with Gasteiger partial charge in [-0.15, -0.1) is 0 Å². The second-order valence-corrected chi connectivity index (χ2v) is 4.21. The van der Waals surface area contributed by atoms with Crippen LogP contribution in [0.2, 0.25) is 0 Å². The molecule has 0 aliphatic carbocycles. The van der Waals surface area contributed by atoms with Gasteiger partial charge >= 0.3 is 0 Å². The second kappa shape index (κ2) is 4.27. The molecule has 0 spiro atoms. The Hall–Kier alpha value is -2.14. The van der Waals surface area contributed by atoms with Crippen LogP contribution in [-0.4, -0.2) is 15.0 Å². The maximum Gasteiger partial charge on any atom is 0.197 e. The van der Waals surface area contributed by atoms with E-state index in [1.54, 1.807) is 6.20 Å². The summed E-state index contributed by atoms with van der Waals surface area (Å²) in [5.41, 5.74) is 1.84. The summed E-state index contributed by atoms with van der Waals surface area (Å²) in [6, 6.07) is 9.53. The number of hydrogen-bond acceptors (Lipinski definition) is 3. The van der Waals surface area contributed by atoms with Crippen molar-refractivity contribution in [2.45, 2.75) is 0 Å². The number of hydrogen-bond donors (Lipinski definition) is 1. The van der Waals surface area contributed by atoms with E-state index in [9.17, 15) is 4.39 Å². The van der Waals surface area contributed by atoms with Gasteiger partial charge in [0.1, 0.15) is 0 Å². The number of aromatic amines is 1. The SMILES string of the molecule is Fc1cnc(=S)[nH]c1-c1cnc2ccccc2c1. The monoisotopic (exact) mass is 257 g/mol. The summed E-state index contributed by atoms with van der Waals surface area (Å²) in [6.45, 7) is 0. The molecule has 2 heterocycles. The molecule has 3 nitrogen and oxygen atoms in total. The molecular formula is C13H8FN3S. The molecule has 0 amide bonds. The average Bonchev–Trinajstić information content (AvgIpc) is 2.41. The Morgan fingerprint density at radius 2 is 1.94 bits per heavy atom. The van der Waals surface area contributed by atoms with Crippen LogP contribution in [0.4, 0.5) is 4.39 Å². The number of rotatable bonds is 1. The topological polar surface area (TPSA) is 41.6 Å². The van der Waals surface area contributed by atoms with Crippen LogP contribution in [0.1, 0.15) is 0 Å². The minimum absolute atomic E-state index is 0.250. The molecule has 3 aromatic rings. The fraction of sp³-hybridized carbons (Fsp3) is 0. The van der Waals surface area contributed by atoms with E-state index in [2.05, 4.69) is 15.0 Å². The van der Waals surface area contributed by atoms with Crippen molar-refractivity contribution >= 4 is 23.1 Å². The van der Waals surface area contributed by atoms with E-state index in [1.165, 1.54) is 0 Å². The van der Waals surface area contributed by atoms with Crippen molar-refractivity contribution in [1.82, 2.24) is 15.0 Å². The minimum atomic E-state index is -0.444. The molecular weight excluding hydrogens is 249 g/mol. The van der Waals surface area contributed by atoms with Gasteiger partial charge in [0.25, 0.3) is 0 Å². The van der Waals surface area contributed by atoms with Gasteiger partial charge < -0.3 is 4.98 Å². The molecule has 0 saturated carbocycles. The predicted octanol–water partition coefficient (Wildman–Crippen LogP) is 3.49. The van der Waals surface area contributed by atoms with Crippen molar-refractivity contribution in [3.8, 4) is 11.3 Å². The lowest BCUT2D eigenvalue weighted by Gasteiger charge is -2.04. The second-order valence-electron chi connectivity index (χ2n) is 3.83. The molecule has 0 radical (unpaired) electrons. The molecule has 0 aliphatic rings. The molecule has 88 valence electrons. The van der Waals surface area contributed by atoms with E-state index in [1.807, 2.05) is 30.3 Å². The van der Waals surface area contributed by atoms with Crippen molar-refractivity contribution < 1.29 is 4.39 Å². The van der Waals surface area contributed by atoms with Gasteiger partial charge in [-0.25, -0.2) is 9.37 Å². The highest BCUT2D eigenvalue weighted by molar-refractivity contribution is 7.71. The number of nitrogens with one attached hydrogen (secondary N) is 1. The maximum atomic E-state index is 13.7. The van der Waals surface area contributed by atoms with E-state index in [0.29, 0.717) is 11.3 Å². The molecule has 0 saturated heterocycles. The Labute approximate surface area is 107 Å². The quantitative estimate of drug-likeness (QED) is 0.678. The zero-order valence-corrected chi connectivity index (χ0v) is 10.0. The highest BCUT2D eigenvalue weighted by Gasteiger charge is 2.07. The minimum Gasteiger partial charge on any atom is -0.328 e. The van der Waals surface area contributed by atoms with Crippen molar-refractivity contribution in [2.75, 3.05) is 0 Å². The van der Waals surface area contributed by atoms with Crippen molar-refractivity contribution in [1.29, 1.82) is 0 Å². The Morgan fingerprint density at radius 3 is 2.83 bits per heavy atom. The number of pyridine rings is 1. The summed E-state index contributed by atoms with van der Waals surface area (Å²) in [4.78, 5) is 10.7. The van der Waals surface area contributed by atoms with Gasteiger partial charge in [-0.1, -0.05) is 18.2 Å². The first-order valence-electron chi connectivity index (χ1n) is 5.34. The normalized spacial score (nSPS) is 10.7. The lowest BCUT2D eigenvalue weighted by atomic mass is 10.1. The summed E-state index contributed by atoms with van der Waals surface area (Å²) in [6.07, 6.45) is 2.73. The van der Waals surface area contributed by atoms with Crippen LogP contribution >= 0.6 is 12.2 Å². The van der Waals surface area contributed by atoms with Crippen LogP contribution in [0.5, 0.6) is 0 Å². The van der Waals surface area contributed by atoms with Crippen LogP contribution in [0.25, 0.3) is 22.2 Å². The van der Waals surface area contributed by atoms with Gasteiger partial charge in [0.05, 0.1) is 17.4 Å². The number of fused-ring (bicyclic) bond motifs is 1. The molecule has 3 rings (SSSR count). The Bertz CT molecular complexity index is 782. The van der Waals surface area contributed by atoms with Gasteiger partial charge in [-0.3, -0.25) is 4.98 Å². The van der Waals surface area contributed by atoms with E-state index >= 15 is 0 Å². The predicted molar refractivity (Wildman–Crippen MR) is 70.1 cm³/mol. The van der Waals surface area contributed by atoms with Gasteiger partial charge in [-0.2, -0.15) is 0 Å². The molecule has 0 aliphatic heterocycles. The highest BCUT2D eigenvalue weighted by Crippen LogP contribution is 2.22. The van der Waals surface area contributed by atoms with Crippen LogP contribution < -0.4 is 0 Å². The third-order valence-electron chi connectivity index (χ3n) is 2.65. The van der Waals surface area contributed by atoms with E-state index in [0.717, 1.165) is 17.1 Å². The van der Waals surface area contributed by atoms with Crippen LogP contribution in [0.15, 0.2) is 42.7 Å². The van der Waals surface area contributed by atoms with Crippen molar-refractivity contribution in [3.63, 3.8) is 0 Å². The van der Waals surface area contributed by atoms with E-state index in [-0.39, 0.29) is 4.77 Å². The zero-order valence-electron chi connectivity index (χ0n) is 9.22. The maximum absolute atomic E-state index is 13.7. The largest absolute Gasteiger partial charge is 0.328 e. The third kappa shape index (κ3) is 1.89. The fourth-order valence-electron chi connectivity index (χ4n) is 1.80. The van der Waals surface area contributed by atoms with Crippen LogP contribution in [-0.2, 0) is 0 Å². The molecule has 1 aromatic carbocycles. The molecule has 0 fully saturated rings. The molecule has 2 aromatic heterocycles. The molecule has 0 atom stereocenters. The average molecular weight is 257 g/mol. The van der Waals surface area contributed by atoms with Crippen LogP contribution in [0, 0.1) is 10.6 Å². The molecule has 5 heteroatoms. The van der Waals surface area contributed by atoms with Gasteiger partial charge in [0.2, 0.25) is 0 Å². The summed E-state index contributed by atoms with van der Waals surface area (Å²) in [7, 11) is 0. The summed E-state index contributed by atoms with van der Waals surface area (Å²) < 4.78 is 13.9. The molecule has 18 heavy (non-hydrogen) atoms. The number of aromatic nitrogens is 3. The fourth-order valence-corrected chi connectivity index (χ4v) is 1.95. The smallest absolute Gasteiger partial charge is 0.197 e. The van der Waals surface area contributed by atoms with Gasteiger partial charge in [-0.05, 0) is 24.4 Å². The first-order chi connectivity index (χ1) is 8.74. The van der Waals surface area contributed by atoms with E-state index in [4.69, 9.17) is 12.2 Å². The van der Waals surface area contributed by atoms with E-state index < -0.39 is 5.82 Å². The number of benzene rings is 1. The molecule has 0 bridgehead atoms. The number of para-hydroxylation sites is 1. The lowest BCUT2D eigenvalue weighted by molar-refractivity contribution is 0.617. The number of H-pyrrole nitrogens is 1. The lowest BCUT2D eigenvalue weighted by Crippen LogP contribution is -1.93. The Morgan fingerprint density at radius 1 is 1.11 bits per heavy atom. The van der Waals surface area contributed by atoms with Gasteiger partial charge in [0.15, 0.2) is 10.6 Å². The zero-order chi connectivity index (χ0) is 12.5. The van der Waals surface area contributed by atoms with Crippen molar-refractivity contribution in [3.05, 3.63) is 53.3 Å². The molecule has 0 unspecified atom stereocenters. The van der Waals surface area contributed by atoms with Gasteiger partial charge in [0, 0.05) is 17.1 Å². The summed E-state index contributed by atoms with van der Waals surface area (Å²) >= 11 is 4.90. The standard InChI is InChI=1S/C13H8FN3S/c14-10-7-16-13(18)17-12(10)9-5-8-3-1-2-4-11(8)15-6-9/h1-7H,(H,16,17,18). The highest BCUT2D eigenvalue weighted by atomic mass is 32.1. The summed E-state index contributed by atoms with van der Waals surface area (Å²) in [5, 5.41) is 0.950. The third-order valence-corrected chi connectivity index (χ3v) is 2.85. The number of halogens is 1. The Balaban J connectivity index is 2.25. The Kier molecular flexibility index (Phi) is 2.60. The summed E-state index contributed by atoms with van der Waals surface area (Å²) in [5.74, 6) is -0.444. The first kappa shape index (κ1) is 11.0. The molecule has 1 N–H and O–H groups in total. The van der Waals surface area contributed by atoms with Crippen LogP contribution in [0.3, 0.4) is 0 Å². The van der Waals surface area contributed by atoms with Crippen molar-refractivity contribution in [2.24, 2.45) is 0 Å². The first-order valence-corrected chi connectivity index (χ1v) is 5.75.